The Balaban J connectivity index is 1.01. The van der Waals surface area contributed by atoms with Crippen molar-refractivity contribution in [3.05, 3.63) is 175 Å². The molecular formula is C55H37F3O2. The number of rotatable bonds is 8. The first-order valence-electron chi connectivity index (χ1n) is 20.3. The van der Waals surface area contributed by atoms with E-state index in [9.17, 15) is 4.79 Å². The van der Waals surface area contributed by atoms with Crippen molar-refractivity contribution >= 4 is 76.7 Å². The third-order valence-electron chi connectivity index (χ3n) is 13.1. The summed E-state index contributed by atoms with van der Waals surface area (Å²) in [5.41, 5.74) is 5.01. The summed E-state index contributed by atoms with van der Waals surface area (Å²) in [6, 6.07) is 45.0. The largest absolute Gasteiger partial charge is 0.463 e. The summed E-state index contributed by atoms with van der Waals surface area (Å²) >= 11 is 0. The summed E-state index contributed by atoms with van der Waals surface area (Å²) in [7, 11) is 0. The molecular weight excluding hydrogens is 750 g/mol. The smallest absolute Gasteiger partial charge is 0.402 e. The molecule has 1 aliphatic carbocycles. The van der Waals surface area contributed by atoms with Gasteiger partial charge in [0.2, 0.25) is 0 Å². The molecule has 290 valence electrons. The molecule has 0 spiro atoms. The van der Waals surface area contributed by atoms with E-state index in [0.717, 1.165) is 104 Å². The van der Waals surface area contributed by atoms with Crippen molar-refractivity contribution < 1.29 is 22.7 Å². The Morgan fingerprint density at radius 1 is 0.583 bits per heavy atom. The minimum atomic E-state index is -4.57. The maximum absolute atomic E-state index is 15.8. The Labute approximate surface area is 344 Å². The molecule has 1 atom stereocenters. The topological polar surface area (TPSA) is 26.3 Å². The molecule has 0 N–H and O–H groups in total. The SMILES string of the molecule is C=CC(=O)OCCCc1cc2ccc3ccc(-c4ccc5c(c4)C(C)(C(F)(F)F)c4cc(-c6ccc7ccc8cc(C=C)cc9ccc6c7c89)ccc4-5)c4ccc(c1)c2c34. The van der Waals surface area contributed by atoms with Crippen LogP contribution in [0.2, 0.25) is 0 Å². The zero-order valence-corrected chi connectivity index (χ0v) is 32.8. The van der Waals surface area contributed by atoms with Crippen molar-refractivity contribution in [3.63, 3.8) is 0 Å². The monoisotopic (exact) mass is 786 g/mol. The molecule has 0 fully saturated rings. The lowest BCUT2D eigenvalue weighted by Gasteiger charge is -2.30. The predicted octanol–water partition coefficient (Wildman–Crippen LogP) is 15.0. The summed E-state index contributed by atoms with van der Waals surface area (Å²) in [5, 5.41) is 13.1. The van der Waals surface area contributed by atoms with Gasteiger partial charge in [0.05, 0.1) is 6.61 Å². The highest BCUT2D eigenvalue weighted by atomic mass is 19.4. The van der Waals surface area contributed by atoms with Gasteiger partial charge in [-0.25, -0.2) is 4.79 Å². The van der Waals surface area contributed by atoms with Crippen molar-refractivity contribution in [1.82, 2.24) is 0 Å². The van der Waals surface area contributed by atoms with Gasteiger partial charge in [-0.05, 0) is 164 Å². The first-order valence-corrected chi connectivity index (χ1v) is 20.3. The number of fused-ring (bicyclic) bond motifs is 3. The highest BCUT2D eigenvalue weighted by Crippen LogP contribution is 2.58. The number of ether oxygens (including phenoxy) is 1. The number of benzene rings is 10. The molecule has 2 nitrogen and oxygen atoms in total. The van der Waals surface area contributed by atoms with Gasteiger partial charge in [-0.3, -0.25) is 0 Å². The van der Waals surface area contributed by atoms with Crippen molar-refractivity contribution in [1.29, 1.82) is 0 Å². The third-order valence-corrected chi connectivity index (χ3v) is 13.1. The van der Waals surface area contributed by atoms with E-state index in [0.29, 0.717) is 24.2 Å². The van der Waals surface area contributed by atoms with E-state index >= 15 is 13.2 Å². The first-order chi connectivity index (χ1) is 29.0. The number of carbonyl (C=O) groups excluding carboxylic acids is 1. The van der Waals surface area contributed by atoms with Crippen LogP contribution in [-0.2, 0) is 21.4 Å². The van der Waals surface area contributed by atoms with Gasteiger partial charge in [0.25, 0.3) is 0 Å². The van der Waals surface area contributed by atoms with E-state index in [1.165, 1.54) is 13.0 Å². The van der Waals surface area contributed by atoms with Crippen LogP contribution in [0.4, 0.5) is 13.2 Å². The molecule has 1 aliphatic rings. The summed E-state index contributed by atoms with van der Waals surface area (Å²) in [5.74, 6) is -0.425. The highest BCUT2D eigenvalue weighted by molar-refractivity contribution is 6.27. The van der Waals surface area contributed by atoms with Crippen LogP contribution in [0.3, 0.4) is 0 Å². The highest BCUT2D eigenvalue weighted by Gasteiger charge is 2.58. The van der Waals surface area contributed by atoms with Crippen LogP contribution in [0, 0.1) is 0 Å². The molecule has 0 radical (unpaired) electrons. The van der Waals surface area contributed by atoms with E-state index < -0.39 is 17.6 Å². The fourth-order valence-corrected chi connectivity index (χ4v) is 10.2. The number of hydrogen-bond acceptors (Lipinski definition) is 2. The second-order valence-electron chi connectivity index (χ2n) is 16.4. The van der Waals surface area contributed by atoms with Gasteiger partial charge in [-0.2, -0.15) is 13.2 Å². The predicted molar refractivity (Wildman–Crippen MR) is 242 cm³/mol. The minimum absolute atomic E-state index is 0.266. The number of esters is 1. The normalized spacial score (nSPS) is 15.1. The average Bonchev–Trinajstić information content (AvgIpc) is 3.53. The Kier molecular flexibility index (Phi) is 7.83. The van der Waals surface area contributed by atoms with Crippen LogP contribution in [0.1, 0.15) is 35.6 Å². The van der Waals surface area contributed by atoms with Crippen LogP contribution >= 0.6 is 0 Å². The van der Waals surface area contributed by atoms with Crippen molar-refractivity contribution in [2.45, 2.75) is 31.4 Å². The Bertz CT molecular complexity index is 3410. The lowest BCUT2D eigenvalue weighted by atomic mass is 9.77. The number of halogens is 3. The van der Waals surface area contributed by atoms with E-state index in [1.54, 1.807) is 12.1 Å². The van der Waals surface area contributed by atoms with Gasteiger partial charge >= 0.3 is 12.1 Å². The van der Waals surface area contributed by atoms with Crippen LogP contribution in [0.15, 0.2) is 153 Å². The zero-order valence-electron chi connectivity index (χ0n) is 32.8. The third kappa shape index (κ3) is 5.18. The van der Waals surface area contributed by atoms with Gasteiger partial charge in [0.1, 0.15) is 5.41 Å². The molecule has 5 heteroatoms. The molecule has 1 unspecified atom stereocenters. The standard InChI is InChI=1S/C55H37F3O2/c1-4-31-25-37-10-8-33-12-18-41(45-22-16-39(26-31)50(37)52(33)45)35-14-20-43-44-21-15-36(30-48(44)54(3,47(43)29-35)55(56,57)58)42-19-13-34-9-11-38-27-32(7-6-24-60-49(59)5-2)28-40-17-23-46(42)53(34)51(38)40/h4-5,8-23,25-30H,1-2,6-7,24H2,3H3. The summed E-state index contributed by atoms with van der Waals surface area (Å²) < 4.78 is 52.7. The number of hydrogen-bond donors (Lipinski definition) is 0. The fourth-order valence-electron chi connectivity index (χ4n) is 10.2. The first kappa shape index (κ1) is 36.1. The average molecular weight is 787 g/mol. The van der Waals surface area contributed by atoms with Gasteiger partial charge in [0, 0.05) is 6.08 Å². The molecule has 10 aromatic rings. The lowest BCUT2D eigenvalue weighted by molar-refractivity contribution is -0.172. The maximum atomic E-state index is 15.8. The van der Waals surface area contributed by atoms with Crippen LogP contribution in [0.5, 0.6) is 0 Å². The number of alkyl halides is 3. The lowest BCUT2D eigenvalue weighted by Crippen LogP contribution is -2.38. The van der Waals surface area contributed by atoms with Gasteiger partial charge < -0.3 is 4.74 Å². The molecule has 0 heterocycles. The second-order valence-corrected chi connectivity index (χ2v) is 16.4. The second kappa shape index (κ2) is 13.0. The molecule has 0 amide bonds. The van der Waals surface area contributed by atoms with Crippen molar-refractivity contribution in [2.75, 3.05) is 6.61 Å². The Morgan fingerprint density at radius 2 is 1.03 bits per heavy atom. The maximum Gasteiger partial charge on any atom is 0.402 e. The van der Waals surface area contributed by atoms with E-state index in [2.05, 4.69) is 98.1 Å². The molecule has 0 aromatic heterocycles. The number of aryl methyl sites for hydroxylation is 1. The molecule has 0 bridgehead atoms. The quantitative estimate of drug-likeness (QED) is 0.0664. The Hall–Kier alpha value is -6.98. The summed E-state index contributed by atoms with van der Waals surface area (Å²) in [6.07, 6.45) is -0.108. The van der Waals surface area contributed by atoms with Crippen LogP contribution in [0.25, 0.3) is 104 Å². The van der Waals surface area contributed by atoms with E-state index in [4.69, 9.17) is 4.74 Å². The van der Waals surface area contributed by atoms with Gasteiger partial charge in [0.15, 0.2) is 0 Å². The van der Waals surface area contributed by atoms with Crippen LogP contribution < -0.4 is 0 Å². The fraction of sp³-hybridized carbons (Fsp3) is 0.109. The molecule has 60 heavy (non-hydrogen) atoms. The van der Waals surface area contributed by atoms with E-state index in [1.807, 2.05) is 42.5 Å². The summed E-state index contributed by atoms with van der Waals surface area (Å²) in [6.45, 7) is 9.08. The number of carbonyl (C=O) groups is 1. The Morgan fingerprint density at radius 3 is 1.52 bits per heavy atom. The van der Waals surface area contributed by atoms with E-state index in [-0.39, 0.29) is 11.1 Å². The van der Waals surface area contributed by atoms with Crippen molar-refractivity contribution in [3.8, 4) is 33.4 Å². The zero-order chi connectivity index (χ0) is 41.1. The van der Waals surface area contributed by atoms with Gasteiger partial charge in [-0.1, -0.05) is 128 Å². The molecule has 11 rings (SSSR count). The molecule has 10 aromatic carbocycles. The van der Waals surface area contributed by atoms with Crippen LogP contribution in [-0.4, -0.2) is 18.8 Å². The van der Waals surface area contributed by atoms with Crippen molar-refractivity contribution in [2.24, 2.45) is 0 Å². The molecule has 0 aliphatic heterocycles. The summed E-state index contributed by atoms with van der Waals surface area (Å²) in [4.78, 5) is 11.5. The molecule has 0 saturated heterocycles. The van der Waals surface area contributed by atoms with Gasteiger partial charge in [-0.15, -0.1) is 0 Å². The minimum Gasteiger partial charge on any atom is -0.463 e. The molecule has 0 saturated carbocycles.